The number of aryl methyl sites for hydroxylation is 1. The lowest BCUT2D eigenvalue weighted by Crippen LogP contribution is -2.43. The van der Waals surface area contributed by atoms with Gasteiger partial charge in [0.15, 0.2) is 9.84 Å². The van der Waals surface area contributed by atoms with E-state index in [1.165, 1.54) is 5.56 Å². The summed E-state index contributed by atoms with van der Waals surface area (Å²) >= 11 is 0. The van der Waals surface area contributed by atoms with Crippen LogP contribution in [0.2, 0.25) is 0 Å². The first kappa shape index (κ1) is 11.6. The van der Waals surface area contributed by atoms with E-state index in [-0.39, 0.29) is 11.5 Å². The molecule has 16 heavy (non-hydrogen) atoms. The van der Waals surface area contributed by atoms with Crippen LogP contribution in [0.25, 0.3) is 0 Å². The third kappa shape index (κ3) is 2.62. The second-order valence-electron chi connectivity index (χ2n) is 4.87. The average molecular weight is 239 g/mol. The molecule has 1 saturated heterocycles. The minimum Gasteiger partial charge on any atom is -0.324 e. The van der Waals surface area contributed by atoms with Gasteiger partial charge in [-0.1, -0.05) is 29.8 Å². The molecule has 0 aromatic heterocycles. The Morgan fingerprint density at radius 1 is 1.31 bits per heavy atom. The highest BCUT2D eigenvalue weighted by atomic mass is 32.2. The molecular formula is C12H17NO2S. The maximum absolute atomic E-state index is 11.4. The minimum absolute atomic E-state index is 0.119. The van der Waals surface area contributed by atoms with Crippen LogP contribution in [-0.4, -0.2) is 25.5 Å². The highest BCUT2D eigenvalue weighted by Crippen LogP contribution is 2.25. The third-order valence-corrected chi connectivity index (χ3v) is 4.94. The molecule has 0 aliphatic carbocycles. The predicted octanol–water partition coefficient (Wildman–Crippen LogP) is 1.05. The van der Waals surface area contributed by atoms with Crippen molar-refractivity contribution in [2.24, 2.45) is 5.73 Å². The summed E-state index contributed by atoms with van der Waals surface area (Å²) in [6.07, 6.45) is 1.22. The Labute approximate surface area is 96.6 Å². The standard InChI is InChI=1S/C12H17NO2S/c1-10-2-4-11(5-3-10)8-12(13)6-7-16(14,15)9-12/h2-5H,6-9,13H2,1H3. The van der Waals surface area contributed by atoms with Gasteiger partial charge in [0.2, 0.25) is 0 Å². The van der Waals surface area contributed by atoms with Crippen molar-refractivity contribution in [1.82, 2.24) is 0 Å². The Balaban J connectivity index is 2.13. The molecule has 0 amide bonds. The van der Waals surface area contributed by atoms with Crippen LogP contribution in [0, 0.1) is 6.92 Å². The molecular weight excluding hydrogens is 222 g/mol. The van der Waals surface area contributed by atoms with Crippen LogP contribution in [0.1, 0.15) is 17.5 Å². The number of sulfone groups is 1. The van der Waals surface area contributed by atoms with Gasteiger partial charge in [-0.25, -0.2) is 8.42 Å². The predicted molar refractivity (Wildman–Crippen MR) is 65.1 cm³/mol. The van der Waals surface area contributed by atoms with Crippen molar-refractivity contribution in [2.45, 2.75) is 25.3 Å². The van der Waals surface area contributed by atoms with E-state index in [1.54, 1.807) is 0 Å². The lowest BCUT2D eigenvalue weighted by Gasteiger charge is -2.21. The molecule has 0 spiro atoms. The first-order valence-electron chi connectivity index (χ1n) is 5.43. The minimum atomic E-state index is -2.91. The smallest absolute Gasteiger partial charge is 0.152 e. The van der Waals surface area contributed by atoms with Gasteiger partial charge in [-0.3, -0.25) is 0 Å². The van der Waals surface area contributed by atoms with Crippen LogP contribution in [-0.2, 0) is 16.3 Å². The van der Waals surface area contributed by atoms with Crippen molar-refractivity contribution in [3.63, 3.8) is 0 Å². The van der Waals surface area contributed by atoms with Crippen LogP contribution in [0.5, 0.6) is 0 Å². The molecule has 3 nitrogen and oxygen atoms in total. The quantitative estimate of drug-likeness (QED) is 0.839. The molecule has 88 valence electrons. The molecule has 1 atom stereocenters. The Kier molecular flexibility index (Phi) is 2.80. The monoisotopic (exact) mass is 239 g/mol. The van der Waals surface area contributed by atoms with E-state index < -0.39 is 15.4 Å². The van der Waals surface area contributed by atoms with Crippen molar-refractivity contribution >= 4 is 9.84 Å². The number of nitrogens with two attached hydrogens (primary N) is 1. The highest BCUT2D eigenvalue weighted by Gasteiger charge is 2.38. The number of rotatable bonds is 2. The summed E-state index contributed by atoms with van der Waals surface area (Å²) < 4.78 is 22.8. The van der Waals surface area contributed by atoms with Gasteiger partial charge in [-0.15, -0.1) is 0 Å². The van der Waals surface area contributed by atoms with Gasteiger partial charge < -0.3 is 5.73 Å². The number of hydrogen-bond acceptors (Lipinski definition) is 3. The molecule has 1 aromatic carbocycles. The zero-order valence-electron chi connectivity index (χ0n) is 9.44. The summed E-state index contributed by atoms with van der Waals surface area (Å²) in [5.74, 6) is 0.350. The second-order valence-corrected chi connectivity index (χ2v) is 7.05. The SMILES string of the molecule is Cc1ccc(CC2(N)CCS(=O)(=O)C2)cc1. The Morgan fingerprint density at radius 3 is 2.44 bits per heavy atom. The normalized spacial score (nSPS) is 28.1. The molecule has 0 saturated carbocycles. The van der Waals surface area contributed by atoms with E-state index >= 15 is 0 Å². The zero-order chi connectivity index (χ0) is 11.8. The first-order valence-corrected chi connectivity index (χ1v) is 7.26. The number of hydrogen-bond donors (Lipinski definition) is 1. The fourth-order valence-corrected chi connectivity index (χ4v) is 4.18. The molecule has 1 fully saturated rings. The summed E-state index contributed by atoms with van der Waals surface area (Å²) in [5, 5.41) is 0. The van der Waals surface area contributed by atoms with Crippen molar-refractivity contribution in [3.8, 4) is 0 Å². The van der Waals surface area contributed by atoms with Gasteiger partial charge in [0, 0.05) is 5.54 Å². The Morgan fingerprint density at radius 2 is 1.94 bits per heavy atom. The van der Waals surface area contributed by atoms with Crippen molar-refractivity contribution < 1.29 is 8.42 Å². The van der Waals surface area contributed by atoms with E-state index in [2.05, 4.69) is 0 Å². The van der Waals surface area contributed by atoms with Gasteiger partial charge in [0.1, 0.15) is 0 Å². The van der Waals surface area contributed by atoms with E-state index in [9.17, 15) is 8.42 Å². The summed E-state index contributed by atoms with van der Waals surface area (Å²) in [4.78, 5) is 0. The second kappa shape index (κ2) is 3.86. The van der Waals surface area contributed by atoms with Crippen LogP contribution in [0.4, 0.5) is 0 Å². The topological polar surface area (TPSA) is 60.2 Å². The molecule has 2 N–H and O–H groups in total. The summed E-state index contributed by atoms with van der Waals surface area (Å²) in [5.41, 5.74) is 7.88. The van der Waals surface area contributed by atoms with Crippen molar-refractivity contribution in [1.29, 1.82) is 0 Å². The molecule has 2 rings (SSSR count). The first-order chi connectivity index (χ1) is 7.39. The Bertz CT molecular complexity index is 478. The van der Waals surface area contributed by atoms with Crippen molar-refractivity contribution in [2.75, 3.05) is 11.5 Å². The largest absolute Gasteiger partial charge is 0.324 e. The molecule has 1 aliphatic rings. The fraction of sp³-hybridized carbons (Fsp3) is 0.500. The summed E-state index contributed by atoms with van der Waals surface area (Å²) in [7, 11) is -2.91. The highest BCUT2D eigenvalue weighted by molar-refractivity contribution is 7.91. The van der Waals surface area contributed by atoms with E-state index in [1.807, 2.05) is 31.2 Å². The van der Waals surface area contributed by atoms with Gasteiger partial charge in [0.05, 0.1) is 11.5 Å². The molecule has 0 bridgehead atoms. The molecule has 1 unspecified atom stereocenters. The Hall–Kier alpha value is -0.870. The van der Waals surface area contributed by atoms with Gasteiger partial charge in [0.25, 0.3) is 0 Å². The van der Waals surface area contributed by atoms with Gasteiger partial charge in [-0.05, 0) is 25.3 Å². The fourth-order valence-electron chi connectivity index (χ4n) is 2.19. The van der Waals surface area contributed by atoms with E-state index in [0.717, 1.165) is 5.56 Å². The lowest BCUT2D eigenvalue weighted by atomic mass is 9.91. The van der Waals surface area contributed by atoms with E-state index in [4.69, 9.17) is 5.73 Å². The summed E-state index contributed by atoms with van der Waals surface area (Å²) in [6, 6.07) is 8.11. The summed E-state index contributed by atoms with van der Waals surface area (Å²) in [6.45, 7) is 2.03. The molecule has 1 aromatic rings. The van der Waals surface area contributed by atoms with Crippen LogP contribution >= 0.6 is 0 Å². The maximum Gasteiger partial charge on any atom is 0.152 e. The van der Waals surface area contributed by atoms with Crippen LogP contribution in [0.15, 0.2) is 24.3 Å². The van der Waals surface area contributed by atoms with Crippen LogP contribution < -0.4 is 5.73 Å². The van der Waals surface area contributed by atoms with Gasteiger partial charge in [-0.2, -0.15) is 0 Å². The molecule has 1 heterocycles. The molecule has 4 heteroatoms. The van der Waals surface area contributed by atoms with Crippen molar-refractivity contribution in [3.05, 3.63) is 35.4 Å². The van der Waals surface area contributed by atoms with E-state index in [0.29, 0.717) is 12.8 Å². The van der Waals surface area contributed by atoms with Gasteiger partial charge >= 0.3 is 0 Å². The molecule has 1 aliphatic heterocycles. The maximum atomic E-state index is 11.4. The van der Waals surface area contributed by atoms with Crippen LogP contribution in [0.3, 0.4) is 0 Å². The lowest BCUT2D eigenvalue weighted by molar-refractivity contribution is 0.476. The number of benzene rings is 1. The molecule has 0 radical (unpaired) electrons. The average Bonchev–Trinajstić information content (AvgIpc) is 2.45. The zero-order valence-corrected chi connectivity index (χ0v) is 10.3. The third-order valence-electron chi connectivity index (χ3n) is 3.10.